The first-order valence-corrected chi connectivity index (χ1v) is 4.33. The zero-order chi connectivity index (χ0) is 10.9. The summed E-state index contributed by atoms with van der Waals surface area (Å²) in [4.78, 5) is 10.7. The van der Waals surface area contributed by atoms with Crippen molar-refractivity contribution in [2.45, 2.75) is 26.9 Å². The van der Waals surface area contributed by atoms with Crippen molar-refractivity contribution in [2.75, 3.05) is 0 Å². The summed E-state index contributed by atoms with van der Waals surface area (Å²) in [5, 5.41) is 18.6. The lowest BCUT2D eigenvalue weighted by Gasteiger charge is -2.24. The van der Waals surface area contributed by atoms with Gasteiger partial charge in [-0.1, -0.05) is 20.8 Å². The first kappa shape index (κ1) is 10.8. The molecule has 0 saturated heterocycles. The van der Waals surface area contributed by atoms with Crippen LogP contribution < -0.4 is 0 Å². The number of aromatic carboxylic acids is 1. The molecule has 1 unspecified atom stereocenters. The van der Waals surface area contributed by atoms with Gasteiger partial charge in [0.15, 0.2) is 0 Å². The van der Waals surface area contributed by atoms with Crippen LogP contribution in [-0.4, -0.2) is 16.2 Å². The van der Waals surface area contributed by atoms with Crippen LogP contribution in [0.25, 0.3) is 0 Å². The fraction of sp³-hybridized carbons (Fsp3) is 0.500. The highest BCUT2D eigenvalue weighted by atomic mass is 16.4. The summed E-state index contributed by atoms with van der Waals surface area (Å²) >= 11 is 0. The van der Waals surface area contributed by atoms with E-state index in [4.69, 9.17) is 9.52 Å². The second-order valence-corrected chi connectivity index (χ2v) is 4.27. The van der Waals surface area contributed by atoms with E-state index in [-0.39, 0.29) is 11.3 Å². The first-order chi connectivity index (χ1) is 6.34. The van der Waals surface area contributed by atoms with Gasteiger partial charge in [0, 0.05) is 0 Å². The largest absolute Gasteiger partial charge is 0.478 e. The fourth-order valence-corrected chi connectivity index (χ4v) is 1.10. The number of furan rings is 1. The highest BCUT2D eigenvalue weighted by Crippen LogP contribution is 2.34. The van der Waals surface area contributed by atoms with Crippen molar-refractivity contribution in [1.82, 2.24) is 0 Å². The van der Waals surface area contributed by atoms with E-state index < -0.39 is 17.5 Å². The van der Waals surface area contributed by atoms with Crippen molar-refractivity contribution in [1.29, 1.82) is 0 Å². The highest BCUT2D eigenvalue weighted by molar-refractivity contribution is 5.88. The van der Waals surface area contributed by atoms with Crippen LogP contribution in [0, 0.1) is 5.41 Å². The molecular weight excluding hydrogens is 184 g/mol. The van der Waals surface area contributed by atoms with Gasteiger partial charge >= 0.3 is 5.97 Å². The third-order valence-electron chi connectivity index (χ3n) is 1.99. The summed E-state index contributed by atoms with van der Waals surface area (Å²) in [6.07, 6.45) is 0.358. The highest BCUT2D eigenvalue weighted by Gasteiger charge is 2.30. The van der Waals surface area contributed by atoms with Crippen LogP contribution >= 0.6 is 0 Å². The minimum atomic E-state index is -1.09. The number of carbonyl (C=O) groups is 1. The number of aliphatic hydroxyl groups is 1. The van der Waals surface area contributed by atoms with Crippen molar-refractivity contribution in [3.05, 3.63) is 23.7 Å². The molecule has 1 rings (SSSR count). The van der Waals surface area contributed by atoms with Gasteiger partial charge in [-0.25, -0.2) is 4.79 Å². The van der Waals surface area contributed by atoms with Crippen LogP contribution in [-0.2, 0) is 0 Å². The molecule has 2 N–H and O–H groups in total. The van der Waals surface area contributed by atoms with E-state index >= 15 is 0 Å². The number of carboxylic acid groups (broad SMARTS) is 1. The minimum absolute atomic E-state index is 0.0208. The predicted molar refractivity (Wildman–Crippen MR) is 50.1 cm³/mol. The third-order valence-corrected chi connectivity index (χ3v) is 1.99. The Morgan fingerprint density at radius 1 is 1.50 bits per heavy atom. The summed E-state index contributed by atoms with van der Waals surface area (Å²) in [5.74, 6) is -0.970. The van der Waals surface area contributed by atoms with Crippen molar-refractivity contribution in [2.24, 2.45) is 5.41 Å². The summed E-state index contributed by atoms with van der Waals surface area (Å²) in [6, 6.07) is 1.34. The number of hydrogen-bond donors (Lipinski definition) is 2. The molecule has 78 valence electrons. The second kappa shape index (κ2) is 3.46. The molecule has 0 aliphatic carbocycles. The fourth-order valence-electron chi connectivity index (χ4n) is 1.10. The molecule has 1 heterocycles. The molecule has 0 fully saturated rings. The number of carboxylic acids is 1. The Kier molecular flexibility index (Phi) is 2.66. The molecular formula is C10H14O4. The first-order valence-electron chi connectivity index (χ1n) is 4.33. The van der Waals surface area contributed by atoms with E-state index in [2.05, 4.69) is 0 Å². The molecule has 1 atom stereocenters. The lowest BCUT2D eigenvalue weighted by Crippen LogP contribution is -2.19. The van der Waals surface area contributed by atoms with Crippen LogP contribution in [0.1, 0.15) is 43.0 Å². The third kappa shape index (κ3) is 1.96. The standard InChI is InChI=1S/C10H14O4/c1-10(2,3)8(11)7-6(9(12)13)4-5-14-7/h4-5,8,11H,1-3H3,(H,12,13). The van der Waals surface area contributed by atoms with E-state index in [1.54, 1.807) is 0 Å². The number of aliphatic hydroxyl groups excluding tert-OH is 1. The van der Waals surface area contributed by atoms with Crippen LogP contribution in [0.5, 0.6) is 0 Å². The number of rotatable bonds is 2. The molecule has 1 aromatic rings. The normalized spacial score (nSPS) is 14.0. The maximum absolute atomic E-state index is 10.7. The van der Waals surface area contributed by atoms with Gasteiger partial charge in [-0.05, 0) is 11.5 Å². The lowest BCUT2D eigenvalue weighted by atomic mass is 9.86. The zero-order valence-electron chi connectivity index (χ0n) is 8.44. The molecule has 0 aliphatic heterocycles. The van der Waals surface area contributed by atoms with Crippen LogP contribution in [0.15, 0.2) is 16.7 Å². The van der Waals surface area contributed by atoms with Gasteiger partial charge in [0.2, 0.25) is 0 Å². The average Bonchev–Trinajstić information content (AvgIpc) is 2.48. The van der Waals surface area contributed by atoms with Crippen LogP contribution in [0.3, 0.4) is 0 Å². The van der Waals surface area contributed by atoms with Gasteiger partial charge < -0.3 is 14.6 Å². The maximum atomic E-state index is 10.7. The van der Waals surface area contributed by atoms with Gasteiger partial charge in [-0.2, -0.15) is 0 Å². The molecule has 0 aromatic carbocycles. The maximum Gasteiger partial charge on any atom is 0.339 e. The topological polar surface area (TPSA) is 70.7 Å². The smallest absolute Gasteiger partial charge is 0.339 e. The molecule has 14 heavy (non-hydrogen) atoms. The molecule has 4 nitrogen and oxygen atoms in total. The van der Waals surface area contributed by atoms with Gasteiger partial charge in [-0.15, -0.1) is 0 Å². The Bertz CT molecular complexity index is 332. The van der Waals surface area contributed by atoms with Crippen molar-refractivity contribution in [3.63, 3.8) is 0 Å². The van der Waals surface area contributed by atoms with Crippen LogP contribution in [0.2, 0.25) is 0 Å². The van der Waals surface area contributed by atoms with E-state index in [0.717, 1.165) is 0 Å². The minimum Gasteiger partial charge on any atom is -0.478 e. The quantitative estimate of drug-likeness (QED) is 0.763. The summed E-state index contributed by atoms with van der Waals surface area (Å²) < 4.78 is 4.98. The second-order valence-electron chi connectivity index (χ2n) is 4.27. The van der Waals surface area contributed by atoms with E-state index in [1.165, 1.54) is 12.3 Å². The Labute approximate surface area is 82.2 Å². The predicted octanol–water partition coefficient (Wildman–Crippen LogP) is 2.06. The van der Waals surface area contributed by atoms with Crippen molar-refractivity contribution in [3.8, 4) is 0 Å². The van der Waals surface area contributed by atoms with Gasteiger partial charge in [0.05, 0.1) is 6.26 Å². The van der Waals surface area contributed by atoms with Gasteiger partial charge in [-0.3, -0.25) is 0 Å². The molecule has 0 amide bonds. The monoisotopic (exact) mass is 198 g/mol. The summed E-state index contributed by atoms with van der Waals surface area (Å²) in [6.45, 7) is 5.43. The molecule has 1 aromatic heterocycles. The zero-order valence-corrected chi connectivity index (χ0v) is 8.44. The molecule has 0 saturated carbocycles. The summed E-state index contributed by atoms with van der Waals surface area (Å²) in [7, 11) is 0. The Morgan fingerprint density at radius 2 is 2.07 bits per heavy atom. The SMILES string of the molecule is CC(C)(C)C(O)c1occc1C(=O)O. The van der Waals surface area contributed by atoms with E-state index in [0.29, 0.717) is 0 Å². The van der Waals surface area contributed by atoms with Crippen molar-refractivity contribution < 1.29 is 19.4 Å². The van der Waals surface area contributed by atoms with Gasteiger partial charge in [0.1, 0.15) is 17.4 Å². The Balaban J connectivity index is 3.07. The average molecular weight is 198 g/mol. The van der Waals surface area contributed by atoms with Crippen molar-refractivity contribution >= 4 is 5.97 Å². The molecule has 0 radical (unpaired) electrons. The molecule has 0 spiro atoms. The van der Waals surface area contributed by atoms with E-state index in [9.17, 15) is 9.90 Å². The molecule has 0 bridgehead atoms. The molecule has 4 heteroatoms. The van der Waals surface area contributed by atoms with Gasteiger partial charge in [0.25, 0.3) is 0 Å². The Hall–Kier alpha value is -1.29. The lowest BCUT2D eigenvalue weighted by molar-refractivity contribution is 0.0402. The van der Waals surface area contributed by atoms with E-state index in [1.807, 2.05) is 20.8 Å². The number of hydrogen-bond acceptors (Lipinski definition) is 3. The van der Waals surface area contributed by atoms with Crippen LogP contribution in [0.4, 0.5) is 0 Å². The molecule has 0 aliphatic rings. The summed E-state index contributed by atoms with van der Waals surface area (Å²) in [5.41, 5.74) is -0.422. The Morgan fingerprint density at radius 3 is 2.50 bits per heavy atom.